The first kappa shape index (κ1) is 14.2. The fourth-order valence-electron chi connectivity index (χ4n) is 2.68. The van der Waals surface area contributed by atoms with Crippen LogP contribution in [0.2, 0.25) is 0 Å². The summed E-state index contributed by atoms with van der Waals surface area (Å²) >= 11 is 0. The van der Waals surface area contributed by atoms with Gasteiger partial charge in [-0.1, -0.05) is 13.8 Å². The van der Waals surface area contributed by atoms with Crippen LogP contribution in [0.25, 0.3) is 0 Å². The third-order valence-corrected chi connectivity index (χ3v) is 3.88. The maximum atomic E-state index is 9.44. The van der Waals surface area contributed by atoms with Gasteiger partial charge in [0.25, 0.3) is 0 Å². The molecule has 3 nitrogen and oxygen atoms in total. The Labute approximate surface area is 116 Å². The van der Waals surface area contributed by atoms with E-state index in [0.717, 1.165) is 25.6 Å². The van der Waals surface area contributed by atoms with E-state index < -0.39 is 0 Å². The van der Waals surface area contributed by atoms with Crippen molar-refractivity contribution >= 4 is 5.69 Å². The monoisotopic (exact) mass is 262 g/mol. The lowest BCUT2D eigenvalue weighted by Gasteiger charge is -2.37. The van der Waals surface area contributed by atoms with E-state index in [1.165, 1.54) is 24.9 Å². The van der Waals surface area contributed by atoms with Crippen LogP contribution in [0.5, 0.6) is 5.75 Å². The summed E-state index contributed by atoms with van der Waals surface area (Å²) in [5.41, 5.74) is 1.24. The first-order valence-electron chi connectivity index (χ1n) is 7.43. The molecule has 1 heterocycles. The highest BCUT2D eigenvalue weighted by molar-refractivity contribution is 5.49. The molecule has 0 unspecified atom stereocenters. The molecule has 2 N–H and O–H groups in total. The van der Waals surface area contributed by atoms with E-state index in [-0.39, 0.29) is 0 Å². The number of hydrogen-bond donors (Lipinski definition) is 2. The molecule has 0 saturated carbocycles. The number of aromatic hydroxyl groups is 1. The maximum Gasteiger partial charge on any atom is 0.115 e. The second-order valence-electron chi connectivity index (χ2n) is 5.87. The molecule has 1 aliphatic heterocycles. The van der Waals surface area contributed by atoms with Gasteiger partial charge in [0.15, 0.2) is 0 Å². The third-order valence-electron chi connectivity index (χ3n) is 3.88. The lowest BCUT2D eigenvalue weighted by Crippen LogP contribution is -2.44. The Morgan fingerprint density at radius 3 is 2.42 bits per heavy atom. The number of piperidine rings is 1. The first-order valence-corrected chi connectivity index (χ1v) is 7.43. The molecule has 1 aliphatic rings. The standard InChI is InChI=1S/C16H26N2O/c1-13(2)9-12-18(15-7-10-17-11-8-15)14-3-5-16(19)6-4-14/h3-6,13,15,17,19H,7-12H2,1-2H3. The second-order valence-corrected chi connectivity index (χ2v) is 5.87. The molecule has 0 bridgehead atoms. The highest BCUT2D eigenvalue weighted by Gasteiger charge is 2.21. The molecule has 0 aromatic heterocycles. The normalized spacial score (nSPS) is 16.8. The Morgan fingerprint density at radius 1 is 1.21 bits per heavy atom. The van der Waals surface area contributed by atoms with Crippen LogP contribution in [0.4, 0.5) is 5.69 Å². The summed E-state index contributed by atoms with van der Waals surface area (Å²) in [4.78, 5) is 2.53. The summed E-state index contributed by atoms with van der Waals surface area (Å²) in [6.45, 7) is 7.88. The summed E-state index contributed by atoms with van der Waals surface area (Å²) in [5, 5.41) is 12.9. The van der Waals surface area contributed by atoms with Crippen molar-refractivity contribution in [1.82, 2.24) is 5.32 Å². The van der Waals surface area contributed by atoms with Crippen molar-refractivity contribution in [2.75, 3.05) is 24.5 Å². The minimum absolute atomic E-state index is 0.345. The number of nitrogens with zero attached hydrogens (tertiary/aromatic N) is 1. The van der Waals surface area contributed by atoms with Crippen LogP contribution in [0.15, 0.2) is 24.3 Å². The second kappa shape index (κ2) is 6.80. The molecule has 0 amide bonds. The number of rotatable bonds is 5. The highest BCUT2D eigenvalue weighted by atomic mass is 16.3. The summed E-state index contributed by atoms with van der Waals surface area (Å²) in [7, 11) is 0. The third kappa shape index (κ3) is 4.13. The smallest absolute Gasteiger partial charge is 0.115 e. The van der Waals surface area contributed by atoms with Crippen LogP contribution in [0.3, 0.4) is 0 Å². The first-order chi connectivity index (χ1) is 9.16. The van der Waals surface area contributed by atoms with Gasteiger partial charge in [0.05, 0.1) is 0 Å². The molecular formula is C16H26N2O. The zero-order valence-electron chi connectivity index (χ0n) is 12.1. The van der Waals surface area contributed by atoms with Gasteiger partial charge >= 0.3 is 0 Å². The lowest BCUT2D eigenvalue weighted by molar-refractivity contribution is 0.418. The molecule has 1 aromatic rings. The average molecular weight is 262 g/mol. The number of hydrogen-bond acceptors (Lipinski definition) is 3. The van der Waals surface area contributed by atoms with Crippen molar-refractivity contribution in [2.24, 2.45) is 5.92 Å². The molecule has 0 spiro atoms. The van der Waals surface area contributed by atoms with Crippen LogP contribution < -0.4 is 10.2 Å². The van der Waals surface area contributed by atoms with Gasteiger partial charge in [-0.2, -0.15) is 0 Å². The molecule has 1 aromatic carbocycles. The van der Waals surface area contributed by atoms with Crippen LogP contribution in [0.1, 0.15) is 33.1 Å². The summed E-state index contributed by atoms with van der Waals surface area (Å²) in [5.74, 6) is 1.07. The van der Waals surface area contributed by atoms with E-state index in [1.54, 1.807) is 12.1 Å². The fraction of sp³-hybridized carbons (Fsp3) is 0.625. The molecule has 0 atom stereocenters. The molecule has 19 heavy (non-hydrogen) atoms. The quantitative estimate of drug-likeness (QED) is 0.856. The molecule has 106 valence electrons. The summed E-state index contributed by atoms with van der Waals surface area (Å²) in [6, 6.07) is 8.29. The van der Waals surface area contributed by atoms with Gasteiger partial charge in [-0.3, -0.25) is 0 Å². The van der Waals surface area contributed by atoms with Crippen LogP contribution >= 0.6 is 0 Å². The number of anilines is 1. The van der Waals surface area contributed by atoms with Gasteiger partial charge in [-0.05, 0) is 62.5 Å². The Balaban J connectivity index is 2.10. The van der Waals surface area contributed by atoms with Crippen molar-refractivity contribution in [3.05, 3.63) is 24.3 Å². The molecule has 0 radical (unpaired) electrons. The SMILES string of the molecule is CC(C)CCN(c1ccc(O)cc1)C1CCNCC1. The molecule has 0 aliphatic carbocycles. The predicted octanol–water partition coefficient (Wildman–Crippen LogP) is 3.00. The van der Waals surface area contributed by atoms with E-state index in [0.29, 0.717) is 11.8 Å². The highest BCUT2D eigenvalue weighted by Crippen LogP contribution is 2.24. The van der Waals surface area contributed by atoms with Crippen LogP contribution in [-0.2, 0) is 0 Å². The number of benzene rings is 1. The predicted molar refractivity (Wildman–Crippen MR) is 80.8 cm³/mol. The topological polar surface area (TPSA) is 35.5 Å². The average Bonchev–Trinajstić information content (AvgIpc) is 2.42. The van der Waals surface area contributed by atoms with E-state index in [9.17, 15) is 5.11 Å². The van der Waals surface area contributed by atoms with Crippen LogP contribution in [-0.4, -0.2) is 30.8 Å². The lowest BCUT2D eigenvalue weighted by atomic mass is 10.0. The minimum Gasteiger partial charge on any atom is -0.508 e. The van der Waals surface area contributed by atoms with E-state index in [1.807, 2.05) is 12.1 Å². The molecule has 1 fully saturated rings. The van der Waals surface area contributed by atoms with E-state index in [4.69, 9.17) is 0 Å². The zero-order chi connectivity index (χ0) is 13.7. The Bertz CT molecular complexity index is 369. The zero-order valence-corrected chi connectivity index (χ0v) is 12.1. The Kier molecular flexibility index (Phi) is 5.08. The van der Waals surface area contributed by atoms with Gasteiger partial charge in [-0.25, -0.2) is 0 Å². The van der Waals surface area contributed by atoms with Gasteiger partial charge in [0.1, 0.15) is 5.75 Å². The van der Waals surface area contributed by atoms with E-state index in [2.05, 4.69) is 24.1 Å². The Morgan fingerprint density at radius 2 is 1.84 bits per heavy atom. The number of nitrogens with one attached hydrogen (secondary N) is 1. The van der Waals surface area contributed by atoms with E-state index >= 15 is 0 Å². The van der Waals surface area contributed by atoms with Gasteiger partial charge in [-0.15, -0.1) is 0 Å². The molecule has 2 rings (SSSR count). The maximum absolute atomic E-state index is 9.44. The largest absolute Gasteiger partial charge is 0.508 e. The van der Waals surface area contributed by atoms with Gasteiger partial charge < -0.3 is 15.3 Å². The van der Waals surface area contributed by atoms with Crippen molar-refractivity contribution in [3.63, 3.8) is 0 Å². The van der Waals surface area contributed by atoms with Crippen molar-refractivity contribution in [2.45, 2.75) is 39.2 Å². The van der Waals surface area contributed by atoms with Crippen molar-refractivity contribution in [1.29, 1.82) is 0 Å². The van der Waals surface area contributed by atoms with Crippen molar-refractivity contribution in [3.8, 4) is 5.75 Å². The Hall–Kier alpha value is -1.22. The molecule has 1 saturated heterocycles. The fourth-order valence-corrected chi connectivity index (χ4v) is 2.68. The number of phenolic OH excluding ortho intramolecular Hbond substituents is 1. The molecular weight excluding hydrogens is 236 g/mol. The summed E-state index contributed by atoms with van der Waals surface area (Å²) < 4.78 is 0. The summed E-state index contributed by atoms with van der Waals surface area (Å²) in [6.07, 6.45) is 3.63. The van der Waals surface area contributed by atoms with Gasteiger partial charge in [0.2, 0.25) is 0 Å². The number of phenols is 1. The minimum atomic E-state index is 0.345. The van der Waals surface area contributed by atoms with Crippen LogP contribution in [0, 0.1) is 5.92 Å². The molecule has 3 heteroatoms. The van der Waals surface area contributed by atoms with Crippen molar-refractivity contribution < 1.29 is 5.11 Å². The van der Waals surface area contributed by atoms with Gasteiger partial charge in [0, 0.05) is 18.3 Å².